The van der Waals surface area contributed by atoms with Crippen LogP contribution in [0.3, 0.4) is 0 Å². The van der Waals surface area contributed by atoms with Gasteiger partial charge in [-0.2, -0.15) is 5.10 Å². The van der Waals surface area contributed by atoms with Crippen LogP contribution in [0, 0.1) is 12.8 Å². The lowest BCUT2D eigenvalue weighted by Crippen LogP contribution is -2.36. The van der Waals surface area contributed by atoms with Crippen LogP contribution < -0.4 is 5.56 Å². The first-order valence-electron chi connectivity index (χ1n) is 8.89. The van der Waals surface area contributed by atoms with Crippen LogP contribution in [0.4, 0.5) is 0 Å². The van der Waals surface area contributed by atoms with E-state index < -0.39 is 0 Å². The molecule has 0 N–H and O–H groups in total. The topological polar surface area (TPSA) is 68.8 Å². The van der Waals surface area contributed by atoms with Crippen molar-refractivity contribution in [3.05, 3.63) is 57.0 Å². The van der Waals surface area contributed by atoms with Gasteiger partial charge >= 0.3 is 0 Å². The summed E-state index contributed by atoms with van der Waals surface area (Å²) < 4.78 is 3.26. The van der Waals surface area contributed by atoms with Gasteiger partial charge in [-0.25, -0.2) is 14.3 Å². The van der Waals surface area contributed by atoms with Crippen molar-refractivity contribution < 1.29 is 0 Å². The monoisotopic (exact) mass is 370 g/mol. The van der Waals surface area contributed by atoms with Crippen LogP contribution in [0.25, 0.3) is 5.82 Å². The average Bonchev–Trinajstić information content (AvgIpc) is 3.31. The fraction of sp³-hybridized carbons (Fsp3) is 0.444. The summed E-state index contributed by atoms with van der Waals surface area (Å²) in [5, 5.41) is 11.9. The third kappa shape index (κ3) is 3.91. The van der Waals surface area contributed by atoms with Crippen LogP contribution in [-0.2, 0) is 13.1 Å². The summed E-state index contributed by atoms with van der Waals surface area (Å²) in [6, 6.07) is 5.13. The number of hydrogen-bond acceptors (Lipinski definition) is 6. The number of hydrogen-bond donors (Lipinski definition) is 0. The van der Waals surface area contributed by atoms with Crippen molar-refractivity contribution in [2.24, 2.45) is 5.92 Å². The number of aryl methyl sites for hydroxylation is 1. The van der Waals surface area contributed by atoms with E-state index in [0.29, 0.717) is 18.3 Å². The molecule has 4 heterocycles. The van der Waals surface area contributed by atoms with Crippen LogP contribution in [0.5, 0.6) is 0 Å². The molecule has 0 atom stereocenters. The lowest BCUT2D eigenvalue weighted by atomic mass is 9.97. The van der Waals surface area contributed by atoms with E-state index in [4.69, 9.17) is 0 Å². The maximum Gasteiger partial charge on any atom is 0.266 e. The summed E-state index contributed by atoms with van der Waals surface area (Å²) in [4.78, 5) is 19.2. The van der Waals surface area contributed by atoms with E-state index in [-0.39, 0.29) is 5.56 Å². The molecule has 1 aliphatic rings. The highest BCUT2D eigenvalue weighted by molar-refractivity contribution is 7.09. The van der Waals surface area contributed by atoms with E-state index in [1.807, 2.05) is 19.2 Å². The van der Waals surface area contributed by atoms with Crippen molar-refractivity contribution in [1.82, 2.24) is 29.4 Å². The second kappa shape index (κ2) is 7.51. The van der Waals surface area contributed by atoms with Gasteiger partial charge in [-0.1, -0.05) is 0 Å². The summed E-state index contributed by atoms with van der Waals surface area (Å²) in [6.07, 6.45) is 5.68. The third-order valence-electron chi connectivity index (χ3n) is 4.78. The molecule has 0 saturated carbocycles. The van der Waals surface area contributed by atoms with Gasteiger partial charge in [0.2, 0.25) is 0 Å². The minimum absolute atomic E-state index is 0.0544. The largest absolute Gasteiger partial charge is 0.297 e. The molecule has 7 nitrogen and oxygen atoms in total. The van der Waals surface area contributed by atoms with Gasteiger partial charge < -0.3 is 0 Å². The summed E-state index contributed by atoms with van der Waals surface area (Å²) in [5.74, 6) is 1.15. The number of piperidine rings is 1. The molecule has 1 saturated heterocycles. The molecule has 1 fully saturated rings. The zero-order valence-corrected chi connectivity index (χ0v) is 15.6. The highest BCUT2D eigenvalue weighted by atomic mass is 32.1. The number of likely N-dealkylation sites (tertiary alicyclic amines) is 1. The predicted molar refractivity (Wildman–Crippen MR) is 100 cm³/mol. The van der Waals surface area contributed by atoms with Crippen LogP contribution in [-0.4, -0.2) is 42.5 Å². The Labute approximate surface area is 155 Å². The van der Waals surface area contributed by atoms with Crippen molar-refractivity contribution in [2.45, 2.75) is 32.9 Å². The Hall–Kier alpha value is -2.32. The van der Waals surface area contributed by atoms with Gasteiger partial charge in [-0.15, -0.1) is 16.4 Å². The Balaban J connectivity index is 1.37. The van der Waals surface area contributed by atoms with E-state index in [9.17, 15) is 4.79 Å². The number of rotatable bonds is 5. The summed E-state index contributed by atoms with van der Waals surface area (Å²) in [7, 11) is 0. The Morgan fingerprint density at radius 1 is 1.27 bits per heavy atom. The quantitative estimate of drug-likeness (QED) is 0.688. The fourth-order valence-electron chi connectivity index (χ4n) is 3.38. The molecule has 3 aromatic heterocycles. The number of thiazole rings is 1. The molecule has 0 bridgehead atoms. The molecule has 4 rings (SSSR count). The van der Waals surface area contributed by atoms with Gasteiger partial charge in [0, 0.05) is 36.9 Å². The van der Waals surface area contributed by atoms with Crippen molar-refractivity contribution in [2.75, 3.05) is 13.1 Å². The first kappa shape index (κ1) is 17.1. The zero-order chi connectivity index (χ0) is 17.9. The molecule has 26 heavy (non-hydrogen) atoms. The van der Waals surface area contributed by atoms with E-state index in [2.05, 4.69) is 25.5 Å². The zero-order valence-electron chi connectivity index (χ0n) is 14.8. The third-order valence-corrected chi connectivity index (χ3v) is 5.60. The van der Waals surface area contributed by atoms with Gasteiger partial charge in [-0.3, -0.25) is 9.69 Å². The standard InChI is InChI=1S/C18H22N6OS/c1-14-20-16(13-26-14)12-22-9-5-15(6-10-22)11-24-18(25)4-3-17(21-24)23-8-2-7-19-23/h2-4,7-8,13,15H,5-6,9-12H2,1H3. The molecule has 8 heteroatoms. The summed E-state index contributed by atoms with van der Waals surface area (Å²) >= 11 is 1.71. The second-order valence-electron chi connectivity index (χ2n) is 6.74. The van der Waals surface area contributed by atoms with Crippen molar-refractivity contribution in [3.63, 3.8) is 0 Å². The van der Waals surface area contributed by atoms with Crippen LogP contribution in [0.2, 0.25) is 0 Å². The van der Waals surface area contributed by atoms with E-state index in [0.717, 1.165) is 43.2 Å². The van der Waals surface area contributed by atoms with E-state index in [1.54, 1.807) is 39.0 Å². The molecule has 1 aliphatic heterocycles. The Morgan fingerprint density at radius 3 is 2.81 bits per heavy atom. The Bertz CT molecular complexity index is 908. The van der Waals surface area contributed by atoms with Crippen LogP contribution >= 0.6 is 11.3 Å². The molecular weight excluding hydrogens is 348 g/mol. The van der Waals surface area contributed by atoms with Gasteiger partial charge in [0.05, 0.1) is 10.7 Å². The number of aromatic nitrogens is 5. The molecular formula is C18H22N6OS. The van der Waals surface area contributed by atoms with E-state index in [1.165, 1.54) is 0 Å². The highest BCUT2D eigenvalue weighted by Crippen LogP contribution is 2.20. The predicted octanol–water partition coefficient (Wildman–Crippen LogP) is 2.11. The smallest absolute Gasteiger partial charge is 0.266 e. The molecule has 136 valence electrons. The maximum atomic E-state index is 12.2. The summed E-state index contributed by atoms with van der Waals surface area (Å²) in [6.45, 7) is 5.70. The number of nitrogens with zero attached hydrogens (tertiary/aromatic N) is 6. The minimum Gasteiger partial charge on any atom is -0.297 e. The first-order chi connectivity index (χ1) is 12.7. The van der Waals surface area contributed by atoms with Gasteiger partial charge in [-0.05, 0) is 50.9 Å². The normalized spacial score (nSPS) is 16.2. The maximum absolute atomic E-state index is 12.2. The summed E-state index contributed by atoms with van der Waals surface area (Å²) in [5.41, 5.74) is 1.11. The molecule has 0 spiro atoms. The molecule has 0 amide bonds. The molecule has 3 aromatic rings. The highest BCUT2D eigenvalue weighted by Gasteiger charge is 2.21. The molecule has 0 aliphatic carbocycles. The van der Waals surface area contributed by atoms with Gasteiger partial charge in [0.15, 0.2) is 5.82 Å². The van der Waals surface area contributed by atoms with Crippen molar-refractivity contribution in [3.8, 4) is 5.82 Å². The first-order valence-corrected chi connectivity index (χ1v) is 9.77. The van der Waals surface area contributed by atoms with E-state index >= 15 is 0 Å². The Kier molecular flexibility index (Phi) is 4.94. The molecule has 0 aromatic carbocycles. The molecule has 0 unspecified atom stereocenters. The molecule has 0 radical (unpaired) electrons. The van der Waals surface area contributed by atoms with Crippen LogP contribution in [0.15, 0.2) is 40.8 Å². The van der Waals surface area contributed by atoms with Gasteiger partial charge in [0.25, 0.3) is 5.56 Å². The Morgan fingerprint density at radius 2 is 2.12 bits per heavy atom. The fourth-order valence-corrected chi connectivity index (χ4v) is 3.98. The van der Waals surface area contributed by atoms with Gasteiger partial charge in [0.1, 0.15) is 0 Å². The SMILES string of the molecule is Cc1nc(CN2CCC(Cn3nc(-n4cccn4)ccc3=O)CC2)cs1. The lowest BCUT2D eigenvalue weighted by molar-refractivity contribution is 0.162. The van der Waals surface area contributed by atoms with Crippen molar-refractivity contribution >= 4 is 11.3 Å². The minimum atomic E-state index is -0.0544. The average molecular weight is 370 g/mol. The van der Waals surface area contributed by atoms with Crippen LogP contribution in [0.1, 0.15) is 23.5 Å². The second-order valence-corrected chi connectivity index (χ2v) is 7.80. The lowest BCUT2D eigenvalue weighted by Gasteiger charge is -2.31. The van der Waals surface area contributed by atoms with Crippen molar-refractivity contribution in [1.29, 1.82) is 0 Å².